The van der Waals surface area contributed by atoms with Crippen molar-refractivity contribution < 1.29 is 0 Å². The van der Waals surface area contributed by atoms with Crippen LogP contribution in [-0.4, -0.2) is 14.8 Å². The standard InChI is InChI=1S/C58H34N4S/c1-2-11-33(12-3-1)34-21-23-35(24-22-34)36-25-27-37(28-26-36)54-58(60-56-42-17-7-5-14-39(42)38-13-4-6-16-41(38)55(56)59-54)62-46-20-10-19-45-50(46)51-47(62)30-32-48-52(51)53-49(63-48)31-29-43-40-15-8-9-18-44(40)61(45)57(43)53/h1-32,54,59H. The first-order valence-electron chi connectivity index (χ1n) is 21.7. The van der Waals surface area contributed by atoms with Crippen LogP contribution in [0.3, 0.4) is 0 Å². The summed E-state index contributed by atoms with van der Waals surface area (Å²) >= 11 is 1.90. The van der Waals surface area contributed by atoms with E-state index in [1.54, 1.807) is 0 Å². The molecule has 14 aromatic rings. The third-order valence-electron chi connectivity index (χ3n) is 13.9. The Morgan fingerprint density at radius 2 is 0.968 bits per heavy atom. The fraction of sp³-hybridized carbons (Fsp3) is 0.0172. The summed E-state index contributed by atoms with van der Waals surface area (Å²) in [7, 11) is 0. The zero-order chi connectivity index (χ0) is 40.9. The predicted octanol–water partition coefficient (Wildman–Crippen LogP) is 16.0. The molecular formula is C58H34N4S. The number of nitrogens with zero attached hydrogens (tertiary/aromatic N) is 3. The first-order chi connectivity index (χ1) is 31.3. The van der Waals surface area contributed by atoms with Crippen molar-refractivity contribution in [2.75, 3.05) is 5.32 Å². The van der Waals surface area contributed by atoms with Crippen molar-refractivity contribution in [1.82, 2.24) is 8.97 Å². The molecule has 63 heavy (non-hydrogen) atoms. The van der Waals surface area contributed by atoms with Gasteiger partial charge in [-0.15, -0.1) is 11.3 Å². The molecule has 0 saturated heterocycles. The van der Waals surface area contributed by atoms with E-state index < -0.39 is 0 Å². The lowest BCUT2D eigenvalue weighted by Gasteiger charge is -2.31. The van der Waals surface area contributed by atoms with Crippen LogP contribution in [0.1, 0.15) is 11.6 Å². The van der Waals surface area contributed by atoms with Gasteiger partial charge in [0.05, 0.1) is 39.0 Å². The smallest absolute Gasteiger partial charge is 0.141 e. The minimum atomic E-state index is -0.258. The van der Waals surface area contributed by atoms with Crippen LogP contribution in [-0.2, 0) is 0 Å². The third kappa shape index (κ3) is 4.46. The summed E-state index contributed by atoms with van der Waals surface area (Å²) < 4.78 is 7.66. The second kappa shape index (κ2) is 12.3. The number of aliphatic imine (C=N–C) groups is 1. The highest BCUT2D eigenvalue weighted by Gasteiger charge is 2.33. The molecule has 5 heterocycles. The maximum Gasteiger partial charge on any atom is 0.141 e. The number of hydrogen-bond acceptors (Lipinski definition) is 3. The van der Waals surface area contributed by atoms with E-state index in [1.807, 2.05) is 11.3 Å². The quantitative estimate of drug-likeness (QED) is 0.177. The normalized spacial score (nSPS) is 14.4. The van der Waals surface area contributed by atoms with E-state index in [0.717, 1.165) is 33.7 Å². The number of anilines is 1. The molecule has 0 radical (unpaired) electrons. The predicted molar refractivity (Wildman–Crippen MR) is 268 cm³/mol. The molecule has 15 rings (SSSR count). The largest absolute Gasteiger partial charge is 0.369 e. The minimum Gasteiger partial charge on any atom is -0.369 e. The molecule has 4 aromatic heterocycles. The molecule has 1 unspecified atom stereocenters. The van der Waals surface area contributed by atoms with Gasteiger partial charge in [-0.25, -0.2) is 4.99 Å². The van der Waals surface area contributed by atoms with Crippen LogP contribution in [0.25, 0.3) is 113 Å². The Balaban J connectivity index is 1.02. The Labute approximate surface area is 364 Å². The van der Waals surface area contributed by atoms with Crippen LogP contribution in [0.5, 0.6) is 0 Å². The van der Waals surface area contributed by atoms with Crippen LogP contribution in [0.2, 0.25) is 0 Å². The Hall–Kier alpha value is -7.99. The Kier molecular flexibility index (Phi) is 6.59. The monoisotopic (exact) mass is 818 g/mol. The zero-order valence-corrected chi connectivity index (χ0v) is 34.6. The van der Waals surface area contributed by atoms with Gasteiger partial charge in [-0.05, 0) is 75.0 Å². The maximum atomic E-state index is 5.91. The number of thiophene rings is 1. The summed E-state index contributed by atoms with van der Waals surface area (Å²) in [4.78, 5) is 5.91. The molecule has 0 fully saturated rings. The molecule has 0 aliphatic carbocycles. The van der Waals surface area contributed by atoms with E-state index in [4.69, 9.17) is 4.99 Å². The average Bonchev–Trinajstić information content (AvgIpc) is 3.98. The van der Waals surface area contributed by atoms with Crippen LogP contribution < -0.4 is 5.32 Å². The first-order valence-corrected chi connectivity index (χ1v) is 22.5. The van der Waals surface area contributed by atoms with Crippen LogP contribution in [0.15, 0.2) is 199 Å². The summed E-state index contributed by atoms with van der Waals surface area (Å²) in [6, 6.07) is 71.0. The van der Waals surface area contributed by atoms with Crippen molar-refractivity contribution in [2.24, 2.45) is 4.99 Å². The SMILES string of the molecule is c1ccc(-c2ccc(-c3ccc(C4Nc5c(c6ccccc6c6ccccc56)N=C4n4c5ccc6sc7ccc8c9ccccc9n9c%10cccc4c%10c5c6c7c89)cc3)cc2)cc1. The fourth-order valence-corrected chi connectivity index (χ4v) is 12.3. The van der Waals surface area contributed by atoms with Crippen molar-refractivity contribution in [1.29, 1.82) is 0 Å². The second-order valence-electron chi connectivity index (χ2n) is 17.1. The Morgan fingerprint density at radius 3 is 1.75 bits per heavy atom. The van der Waals surface area contributed by atoms with Crippen molar-refractivity contribution in [2.45, 2.75) is 6.04 Å². The third-order valence-corrected chi connectivity index (χ3v) is 15.0. The average molecular weight is 819 g/mol. The molecule has 1 aliphatic heterocycles. The molecule has 0 bridgehead atoms. The summed E-state index contributed by atoms with van der Waals surface area (Å²) in [5.41, 5.74) is 14.1. The number of nitrogens with one attached hydrogen (secondary N) is 1. The van der Waals surface area contributed by atoms with Crippen molar-refractivity contribution >= 4 is 119 Å². The highest BCUT2D eigenvalue weighted by atomic mass is 32.1. The zero-order valence-electron chi connectivity index (χ0n) is 33.8. The van der Waals surface area contributed by atoms with E-state index in [-0.39, 0.29) is 6.04 Å². The van der Waals surface area contributed by atoms with E-state index >= 15 is 0 Å². The van der Waals surface area contributed by atoms with Crippen LogP contribution in [0.4, 0.5) is 11.4 Å². The summed E-state index contributed by atoms with van der Waals surface area (Å²) in [6.07, 6.45) is 0. The van der Waals surface area contributed by atoms with Crippen molar-refractivity contribution in [3.63, 3.8) is 0 Å². The van der Waals surface area contributed by atoms with Crippen molar-refractivity contribution in [3.8, 4) is 22.3 Å². The number of hydrogen-bond donors (Lipinski definition) is 1. The van der Waals surface area contributed by atoms with Gasteiger partial charge in [0.25, 0.3) is 0 Å². The number of fused-ring (bicyclic) bond motifs is 10. The summed E-state index contributed by atoms with van der Waals surface area (Å²) in [6.45, 7) is 0. The van der Waals surface area contributed by atoms with Gasteiger partial charge in [0.2, 0.25) is 0 Å². The molecule has 292 valence electrons. The lowest BCUT2D eigenvalue weighted by Crippen LogP contribution is -2.29. The highest BCUT2D eigenvalue weighted by molar-refractivity contribution is 7.26. The molecule has 10 aromatic carbocycles. The van der Waals surface area contributed by atoms with Gasteiger partial charge in [-0.3, -0.25) is 4.57 Å². The van der Waals surface area contributed by atoms with Crippen LogP contribution >= 0.6 is 11.3 Å². The lowest BCUT2D eigenvalue weighted by molar-refractivity contribution is 0.967. The number of aromatic nitrogens is 2. The fourth-order valence-electron chi connectivity index (χ4n) is 11.2. The van der Waals surface area contributed by atoms with Gasteiger partial charge in [0.15, 0.2) is 0 Å². The van der Waals surface area contributed by atoms with Gasteiger partial charge >= 0.3 is 0 Å². The van der Waals surface area contributed by atoms with E-state index in [1.165, 1.54) is 102 Å². The summed E-state index contributed by atoms with van der Waals surface area (Å²) in [5.74, 6) is 0.960. The molecule has 0 saturated carbocycles. The topological polar surface area (TPSA) is 33.7 Å². The van der Waals surface area contributed by atoms with Gasteiger partial charge in [0.1, 0.15) is 11.9 Å². The molecule has 1 N–H and O–H groups in total. The van der Waals surface area contributed by atoms with E-state index in [2.05, 4.69) is 208 Å². The number of para-hydroxylation sites is 1. The van der Waals surface area contributed by atoms with Crippen LogP contribution in [0, 0.1) is 0 Å². The lowest BCUT2D eigenvalue weighted by atomic mass is 9.94. The first kappa shape index (κ1) is 33.7. The number of rotatable bonds is 3. The molecule has 0 spiro atoms. The Morgan fingerprint density at radius 1 is 0.397 bits per heavy atom. The molecular weight excluding hydrogens is 785 g/mol. The maximum absolute atomic E-state index is 5.91. The second-order valence-corrected chi connectivity index (χ2v) is 18.1. The highest BCUT2D eigenvalue weighted by Crippen LogP contribution is 2.52. The molecule has 1 atom stereocenters. The van der Waals surface area contributed by atoms with E-state index in [0.29, 0.717) is 0 Å². The van der Waals surface area contributed by atoms with Gasteiger partial charge in [-0.2, -0.15) is 0 Å². The van der Waals surface area contributed by atoms with Crippen molar-refractivity contribution in [3.05, 3.63) is 200 Å². The minimum absolute atomic E-state index is 0.258. The number of benzene rings is 10. The van der Waals surface area contributed by atoms with Gasteiger partial charge in [0, 0.05) is 52.5 Å². The Bertz CT molecular complexity index is 4210. The molecule has 1 aliphatic rings. The summed E-state index contributed by atoms with van der Waals surface area (Å²) in [5, 5.41) is 16.8. The molecule has 4 nitrogen and oxygen atoms in total. The van der Waals surface area contributed by atoms with Gasteiger partial charge in [-0.1, -0.05) is 158 Å². The molecule has 0 amide bonds. The molecule has 5 heteroatoms. The van der Waals surface area contributed by atoms with E-state index in [9.17, 15) is 0 Å². The van der Waals surface area contributed by atoms with Gasteiger partial charge < -0.3 is 9.72 Å².